The summed E-state index contributed by atoms with van der Waals surface area (Å²) in [6.07, 6.45) is 14.6. The molecule has 0 atom stereocenters. The second-order valence-electron chi connectivity index (χ2n) is 3.50. The van der Waals surface area contributed by atoms with E-state index < -0.39 is 0 Å². The Morgan fingerprint density at radius 2 is 1.85 bits per heavy atom. The lowest BCUT2D eigenvalue weighted by atomic mass is 10.1. The fraction of sp³-hybridized carbons (Fsp3) is 0.692. The number of rotatable bonds is 7. The standard InChI is InChI=1S/C13H24/c1-4-7-8-9-12-13(10-5-2)11-6-3/h5,10-11H,4,6-9,12H2,1-3H3/b10-5-,13-11+. The van der Waals surface area contributed by atoms with Crippen LogP contribution in [0.1, 0.15) is 59.3 Å². The predicted molar refractivity (Wildman–Crippen MR) is 61.9 cm³/mol. The van der Waals surface area contributed by atoms with Gasteiger partial charge in [-0.2, -0.15) is 0 Å². The van der Waals surface area contributed by atoms with E-state index in [1.807, 2.05) is 0 Å². The summed E-state index contributed by atoms with van der Waals surface area (Å²) in [5, 5.41) is 0. The zero-order valence-corrected chi connectivity index (χ0v) is 9.47. The third kappa shape index (κ3) is 7.83. The van der Waals surface area contributed by atoms with Gasteiger partial charge >= 0.3 is 0 Å². The first-order valence-corrected chi connectivity index (χ1v) is 5.66. The largest absolute Gasteiger partial charge is 0.0874 e. The molecule has 0 spiro atoms. The minimum Gasteiger partial charge on any atom is -0.0874 e. The van der Waals surface area contributed by atoms with Crippen molar-refractivity contribution in [1.29, 1.82) is 0 Å². The van der Waals surface area contributed by atoms with Crippen molar-refractivity contribution in [2.75, 3.05) is 0 Å². The Morgan fingerprint density at radius 3 is 2.38 bits per heavy atom. The maximum absolute atomic E-state index is 2.34. The van der Waals surface area contributed by atoms with Crippen molar-refractivity contribution < 1.29 is 0 Å². The SMILES string of the molecule is C/C=C\C(=C/CC)CCCCCC. The third-order valence-corrected chi connectivity index (χ3v) is 2.17. The smallest absolute Gasteiger partial charge is 0.0282 e. The Labute approximate surface area is 83.7 Å². The first kappa shape index (κ1) is 12.5. The fourth-order valence-electron chi connectivity index (χ4n) is 1.49. The van der Waals surface area contributed by atoms with Gasteiger partial charge in [0.15, 0.2) is 0 Å². The van der Waals surface area contributed by atoms with Crippen LogP contribution in [0.25, 0.3) is 0 Å². The molecule has 0 unspecified atom stereocenters. The normalized spacial score (nSPS) is 12.7. The fourth-order valence-corrected chi connectivity index (χ4v) is 1.49. The molecule has 0 aliphatic heterocycles. The van der Waals surface area contributed by atoms with E-state index >= 15 is 0 Å². The average molecular weight is 180 g/mol. The molecular weight excluding hydrogens is 156 g/mol. The van der Waals surface area contributed by atoms with E-state index in [0.717, 1.165) is 6.42 Å². The van der Waals surface area contributed by atoms with E-state index in [1.165, 1.54) is 37.7 Å². The van der Waals surface area contributed by atoms with Gasteiger partial charge in [0.2, 0.25) is 0 Å². The van der Waals surface area contributed by atoms with E-state index in [0.29, 0.717) is 0 Å². The average Bonchev–Trinajstić information content (AvgIpc) is 2.13. The highest BCUT2D eigenvalue weighted by Gasteiger charge is 1.92. The van der Waals surface area contributed by atoms with Crippen molar-refractivity contribution in [2.24, 2.45) is 0 Å². The van der Waals surface area contributed by atoms with Gasteiger partial charge in [-0.05, 0) is 26.2 Å². The molecule has 0 fully saturated rings. The maximum atomic E-state index is 2.34. The summed E-state index contributed by atoms with van der Waals surface area (Å²) < 4.78 is 0. The lowest BCUT2D eigenvalue weighted by Gasteiger charge is -2.01. The van der Waals surface area contributed by atoms with Crippen LogP contribution in [0.4, 0.5) is 0 Å². The molecular formula is C13H24. The van der Waals surface area contributed by atoms with Crippen molar-refractivity contribution in [1.82, 2.24) is 0 Å². The van der Waals surface area contributed by atoms with Crippen LogP contribution in [0.15, 0.2) is 23.8 Å². The van der Waals surface area contributed by atoms with Gasteiger partial charge in [0.05, 0.1) is 0 Å². The summed E-state index contributed by atoms with van der Waals surface area (Å²) in [7, 11) is 0. The van der Waals surface area contributed by atoms with Crippen molar-refractivity contribution in [2.45, 2.75) is 59.3 Å². The van der Waals surface area contributed by atoms with E-state index in [4.69, 9.17) is 0 Å². The van der Waals surface area contributed by atoms with Crippen molar-refractivity contribution in [3.05, 3.63) is 23.8 Å². The molecule has 0 aromatic carbocycles. The van der Waals surface area contributed by atoms with E-state index in [2.05, 4.69) is 39.0 Å². The Morgan fingerprint density at radius 1 is 1.08 bits per heavy atom. The van der Waals surface area contributed by atoms with Gasteiger partial charge in [-0.1, -0.05) is 56.9 Å². The van der Waals surface area contributed by atoms with Crippen molar-refractivity contribution >= 4 is 0 Å². The van der Waals surface area contributed by atoms with Crippen LogP contribution in [0.2, 0.25) is 0 Å². The van der Waals surface area contributed by atoms with Crippen LogP contribution in [0.5, 0.6) is 0 Å². The topological polar surface area (TPSA) is 0 Å². The second kappa shape index (κ2) is 9.57. The number of unbranched alkanes of at least 4 members (excludes halogenated alkanes) is 3. The Kier molecular flexibility index (Phi) is 9.18. The van der Waals surface area contributed by atoms with Gasteiger partial charge < -0.3 is 0 Å². The van der Waals surface area contributed by atoms with Crippen LogP contribution in [0.3, 0.4) is 0 Å². The molecule has 0 radical (unpaired) electrons. The lowest BCUT2D eigenvalue weighted by molar-refractivity contribution is 0.667. The minimum atomic E-state index is 1.16. The summed E-state index contributed by atoms with van der Waals surface area (Å²) in [6, 6.07) is 0. The van der Waals surface area contributed by atoms with Crippen molar-refractivity contribution in [3.63, 3.8) is 0 Å². The van der Waals surface area contributed by atoms with Crippen LogP contribution >= 0.6 is 0 Å². The Bertz CT molecular complexity index is 151. The summed E-state index contributed by atoms with van der Waals surface area (Å²) in [4.78, 5) is 0. The molecule has 13 heavy (non-hydrogen) atoms. The highest BCUT2D eigenvalue weighted by atomic mass is 14.0. The van der Waals surface area contributed by atoms with E-state index in [-0.39, 0.29) is 0 Å². The first-order chi connectivity index (χ1) is 6.35. The number of hydrogen-bond donors (Lipinski definition) is 0. The molecule has 0 aliphatic carbocycles. The zero-order valence-electron chi connectivity index (χ0n) is 9.47. The summed E-state index contributed by atoms with van der Waals surface area (Å²) in [5.41, 5.74) is 1.51. The molecule has 0 heteroatoms. The lowest BCUT2D eigenvalue weighted by Crippen LogP contribution is -1.81. The summed E-state index contributed by atoms with van der Waals surface area (Å²) in [6.45, 7) is 6.56. The molecule has 76 valence electrons. The van der Waals surface area contributed by atoms with Gasteiger partial charge in [-0.3, -0.25) is 0 Å². The molecule has 0 amide bonds. The molecule has 0 saturated heterocycles. The van der Waals surface area contributed by atoms with Gasteiger partial charge in [-0.25, -0.2) is 0 Å². The summed E-state index contributed by atoms with van der Waals surface area (Å²) in [5.74, 6) is 0. The second-order valence-corrected chi connectivity index (χ2v) is 3.50. The molecule has 0 aromatic rings. The molecule has 0 heterocycles. The van der Waals surface area contributed by atoms with Crippen LogP contribution in [-0.4, -0.2) is 0 Å². The van der Waals surface area contributed by atoms with Crippen molar-refractivity contribution in [3.8, 4) is 0 Å². The molecule has 0 saturated carbocycles. The van der Waals surface area contributed by atoms with Crippen LogP contribution in [0, 0.1) is 0 Å². The molecule has 0 aliphatic rings. The maximum Gasteiger partial charge on any atom is -0.0282 e. The number of hydrogen-bond acceptors (Lipinski definition) is 0. The quantitative estimate of drug-likeness (QED) is 0.387. The van der Waals surface area contributed by atoms with Gasteiger partial charge in [0, 0.05) is 0 Å². The van der Waals surface area contributed by atoms with E-state index in [9.17, 15) is 0 Å². The molecule has 0 rings (SSSR count). The molecule has 0 nitrogen and oxygen atoms in total. The Hall–Kier alpha value is -0.520. The summed E-state index contributed by atoms with van der Waals surface area (Å²) >= 11 is 0. The highest BCUT2D eigenvalue weighted by Crippen LogP contribution is 2.12. The minimum absolute atomic E-state index is 1.16. The van der Waals surface area contributed by atoms with Crippen LogP contribution < -0.4 is 0 Å². The van der Waals surface area contributed by atoms with E-state index in [1.54, 1.807) is 0 Å². The molecule has 0 N–H and O–H groups in total. The monoisotopic (exact) mass is 180 g/mol. The Balaban J connectivity index is 3.64. The number of allylic oxidation sites excluding steroid dienone is 4. The third-order valence-electron chi connectivity index (χ3n) is 2.17. The van der Waals surface area contributed by atoms with Gasteiger partial charge in [-0.15, -0.1) is 0 Å². The van der Waals surface area contributed by atoms with Crippen LogP contribution in [-0.2, 0) is 0 Å². The van der Waals surface area contributed by atoms with Gasteiger partial charge in [0.25, 0.3) is 0 Å². The highest BCUT2D eigenvalue weighted by molar-refractivity contribution is 5.17. The first-order valence-electron chi connectivity index (χ1n) is 5.66. The zero-order chi connectivity index (χ0) is 9.94. The molecule has 0 aromatic heterocycles. The van der Waals surface area contributed by atoms with Gasteiger partial charge in [0.1, 0.15) is 0 Å². The molecule has 0 bridgehead atoms. The predicted octanol–water partition coefficient (Wildman–Crippen LogP) is 4.87.